The van der Waals surface area contributed by atoms with Gasteiger partial charge in [0.05, 0.1) is 23.5 Å². The first-order chi connectivity index (χ1) is 13.1. The Hall–Kier alpha value is -1.88. The lowest BCUT2D eigenvalue weighted by Gasteiger charge is -2.34. The number of hydrogen-bond acceptors (Lipinski definition) is 3. The van der Waals surface area contributed by atoms with Crippen LogP contribution in [0.4, 0.5) is 0 Å². The minimum atomic E-state index is 0.136. The molecule has 1 aromatic carbocycles. The average Bonchev–Trinajstić information content (AvgIpc) is 3.00. The molecule has 0 saturated carbocycles. The second-order valence-corrected chi connectivity index (χ2v) is 7.83. The van der Waals surface area contributed by atoms with Crippen molar-refractivity contribution in [1.82, 2.24) is 19.4 Å². The molecule has 2 aromatic rings. The van der Waals surface area contributed by atoms with E-state index in [1.807, 2.05) is 6.07 Å². The third-order valence-corrected chi connectivity index (χ3v) is 5.69. The third kappa shape index (κ3) is 4.70. The minimum Gasteiger partial charge on any atom is -0.342 e. The van der Waals surface area contributed by atoms with Crippen molar-refractivity contribution in [3.05, 3.63) is 30.1 Å². The van der Waals surface area contributed by atoms with Gasteiger partial charge in [-0.2, -0.15) is 0 Å². The van der Waals surface area contributed by atoms with Crippen LogP contribution >= 0.6 is 0 Å². The number of rotatable bonds is 8. The Bertz CT molecular complexity index is 754. The maximum atomic E-state index is 13.1. The van der Waals surface area contributed by atoms with E-state index in [2.05, 4.69) is 53.5 Å². The highest BCUT2D eigenvalue weighted by atomic mass is 16.2. The molecular weight excluding hydrogens is 336 g/mol. The van der Waals surface area contributed by atoms with Crippen LogP contribution < -0.4 is 0 Å². The van der Waals surface area contributed by atoms with Gasteiger partial charge in [0.2, 0.25) is 5.91 Å². The quantitative estimate of drug-likeness (QED) is 0.709. The van der Waals surface area contributed by atoms with Crippen LogP contribution in [-0.4, -0.2) is 51.4 Å². The number of imidazole rings is 1. The predicted molar refractivity (Wildman–Crippen MR) is 110 cm³/mol. The molecule has 27 heavy (non-hydrogen) atoms. The number of aromatic nitrogens is 2. The summed E-state index contributed by atoms with van der Waals surface area (Å²) >= 11 is 0. The number of piperidine rings is 1. The van der Waals surface area contributed by atoms with Crippen molar-refractivity contribution in [2.24, 2.45) is 13.0 Å². The zero-order valence-electron chi connectivity index (χ0n) is 17.2. The van der Waals surface area contributed by atoms with Crippen LogP contribution in [-0.2, 0) is 18.4 Å². The molecule has 1 fully saturated rings. The molecular formula is C22H34N4O. The number of benzene rings is 1. The number of aryl methyl sites for hydroxylation is 1. The van der Waals surface area contributed by atoms with Crippen LogP contribution in [0.25, 0.3) is 11.0 Å². The second kappa shape index (κ2) is 9.36. The van der Waals surface area contributed by atoms with Gasteiger partial charge in [0, 0.05) is 26.7 Å². The number of para-hydroxylation sites is 2. The fourth-order valence-electron chi connectivity index (χ4n) is 4.15. The van der Waals surface area contributed by atoms with E-state index >= 15 is 0 Å². The number of likely N-dealkylation sites (tertiary alicyclic amines) is 1. The molecule has 1 amide bonds. The van der Waals surface area contributed by atoms with Gasteiger partial charge in [0.1, 0.15) is 5.82 Å². The molecule has 0 radical (unpaired) electrons. The lowest BCUT2D eigenvalue weighted by atomic mass is 9.96. The molecule has 0 spiro atoms. The molecule has 1 saturated heterocycles. The first-order valence-corrected chi connectivity index (χ1v) is 10.6. The molecule has 5 heteroatoms. The van der Waals surface area contributed by atoms with Gasteiger partial charge in [-0.15, -0.1) is 0 Å². The molecule has 2 heterocycles. The molecule has 5 nitrogen and oxygen atoms in total. The van der Waals surface area contributed by atoms with Crippen LogP contribution in [0.3, 0.4) is 0 Å². The zero-order valence-corrected chi connectivity index (χ0v) is 17.2. The fraction of sp³-hybridized carbons (Fsp3) is 0.636. The SMILES string of the molecule is CCCCN(CCC)C(=O)[C@@H]1CCCN(Cc2nc3ccccc3n2C)C1. The molecule has 148 valence electrons. The number of carbonyl (C=O) groups excluding carboxylic acids is 1. The molecule has 0 bridgehead atoms. The summed E-state index contributed by atoms with van der Waals surface area (Å²) in [6.07, 6.45) is 5.38. The van der Waals surface area contributed by atoms with E-state index in [9.17, 15) is 4.79 Å². The van der Waals surface area contributed by atoms with Gasteiger partial charge in [-0.25, -0.2) is 4.98 Å². The topological polar surface area (TPSA) is 41.4 Å². The van der Waals surface area contributed by atoms with Gasteiger partial charge in [-0.3, -0.25) is 9.69 Å². The number of amides is 1. The smallest absolute Gasteiger partial charge is 0.226 e. The number of nitrogens with zero attached hydrogens (tertiary/aromatic N) is 4. The molecule has 1 aliphatic rings. The highest BCUT2D eigenvalue weighted by Gasteiger charge is 2.29. The highest BCUT2D eigenvalue weighted by molar-refractivity contribution is 5.79. The van der Waals surface area contributed by atoms with Crippen molar-refractivity contribution in [3.63, 3.8) is 0 Å². The fourth-order valence-corrected chi connectivity index (χ4v) is 4.15. The van der Waals surface area contributed by atoms with Crippen molar-refractivity contribution >= 4 is 16.9 Å². The van der Waals surface area contributed by atoms with Crippen LogP contribution in [0.2, 0.25) is 0 Å². The first-order valence-electron chi connectivity index (χ1n) is 10.6. The lowest BCUT2D eigenvalue weighted by molar-refractivity contribution is -0.137. The van der Waals surface area contributed by atoms with E-state index in [1.165, 1.54) is 5.52 Å². The molecule has 0 unspecified atom stereocenters. The van der Waals surface area contributed by atoms with E-state index in [4.69, 9.17) is 4.98 Å². The Morgan fingerprint density at radius 3 is 2.78 bits per heavy atom. The molecule has 3 rings (SSSR count). The summed E-state index contributed by atoms with van der Waals surface area (Å²) in [6.45, 7) is 8.87. The predicted octanol–water partition coefficient (Wildman–Crippen LogP) is 3.82. The van der Waals surface area contributed by atoms with E-state index in [0.29, 0.717) is 5.91 Å². The first kappa shape index (κ1) is 19.9. The summed E-state index contributed by atoms with van der Waals surface area (Å²) in [5.74, 6) is 1.58. The summed E-state index contributed by atoms with van der Waals surface area (Å²) in [7, 11) is 2.09. The van der Waals surface area contributed by atoms with Gasteiger partial charge >= 0.3 is 0 Å². The summed E-state index contributed by atoms with van der Waals surface area (Å²) in [5, 5.41) is 0. The Morgan fingerprint density at radius 2 is 2.04 bits per heavy atom. The van der Waals surface area contributed by atoms with Gasteiger partial charge < -0.3 is 9.47 Å². The van der Waals surface area contributed by atoms with Crippen molar-refractivity contribution in [2.45, 2.75) is 52.5 Å². The van der Waals surface area contributed by atoms with Crippen molar-refractivity contribution in [1.29, 1.82) is 0 Å². The van der Waals surface area contributed by atoms with E-state index in [-0.39, 0.29) is 5.92 Å². The van der Waals surface area contributed by atoms with Gasteiger partial charge in [-0.1, -0.05) is 32.4 Å². The number of carbonyl (C=O) groups is 1. The summed E-state index contributed by atoms with van der Waals surface area (Å²) in [4.78, 5) is 22.4. The van der Waals surface area contributed by atoms with Gasteiger partial charge in [-0.05, 0) is 44.4 Å². The number of hydrogen-bond donors (Lipinski definition) is 0. The summed E-state index contributed by atoms with van der Waals surface area (Å²) < 4.78 is 2.19. The molecule has 1 aromatic heterocycles. The number of fused-ring (bicyclic) bond motifs is 1. The normalized spacial score (nSPS) is 18.1. The van der Waals surface area contributed by atoms with E-state index < -0.39 is 0 Å². The third-order valence-electron chi connectivity index (χ3n) is 5.69. The van der Waals surface area contributed by atoms with Crippen LogP contribution in [0, 0.1) is 5.92 Å². The van der Waals surface area contributed by atoms with Crippen molar-refractivity contribution in [3.8, 4) is 0 Å². The van der Waals surface area contributed by atoms with Gasteiger partial charge in [0.15, 0.2) is 0 Å². The molecule has 0 N–H and O–H groups in total. The largest absolute Gasteiger partial charge is 0.342 e. The molecule has 1 aliphatic heterocycles. The molecule has 1 atom stereocenters. The van der Waals surface area contributed by atoms with E-state index in [0.717, 1.165) is 76.2 Å². The van der Waals surface area contributed by atoms with Gasteiger partial charge in [0.25, 0.3) is 0 Å². The average molecular weight is 371 g/mol. The maximum Gasteiger partial charge on any atom is 0.226 e. The number of unbranched alkanes of at least 4 members (excludes halogenated alkanes) is 1. The van der Waals surface area contributed by atoms with Crippen LogP contribution in [0.1, 0.15) is 51.8 Å². The Balaban J connectivity index is 1.66. The zero-order chi connectivity index (χ0) is 19.2. The Labute approximate surface area is 163 Å². The maximum absolute atomic E-state index is 13.1. The monoisotopic (exact) mass is 370 g/mol. The summed E-state index contributed by atoms with van der Waals surface area (Å²) in [5.41, 5.74) is 2.22. The summed E-state index contributed by atoms with van der Waals surface area (Å²) in [6, 6.07) is 8.28. The standard InChI is InChI=1S/C22H34N4O/c1-4-6-15-26(13-5-2)22(27)18-10-9-14-25(16-18)17-21-23-19-11-7-8-12-20(19)24(21)3/h7-8,11-12,18H,4-6,9-10,13-17H2,1-3H3/t18-/m1/s1. The lowest BCUT2D eigenvalue weighted by Crippen LogP contribution is -2.45. The van der Waals surface area contributed by atoms with Crippen molar-refractivity contribution < 1.29 is 4.79 Å². The highest BCUT2D eigenvalue weighted by Crippen LogP contribution is 2.22. The van der Waals surface area contributed by atoms with E-state index in [1.54, 1.807) is 0 Å². The Morgan fingerprint density at radius 1 is 1.22 bits per heavy atom. The minimum absolute atomic E-state index is 0.136. The van der Waals surface area contributed by atoms with Crippen molar-refractivity contribution in [2.75, 3.05) is 26.2 Å². The Kier molecular flexibility index (Phi) is 6.89. The van der Waals surface area contributed by atoms with Crippen LogP contribution in [0.5, 0.6) is 0 Å². The molecule has 0 aliphatic carbocycles. The second-order valence-electron chi connectivity index (χ2n) is 7.83. The van der Waals surface area contributed by atoms with Crippen LogP contribution in [0.15, 0.2) is 24.3 Å².